The van der Waals surface area contributed by atoms with E-state index in [0.717, 1.165) is 6.42 Å². The van der Waals surface area contributed by atoms with Crippen molar-refractivity contribution in [3.63, 3.8) is 0 Å². The monoisotopic (exact) mass is 495 g/mol. The van der Waals surface area contributed by atoms with Crippen LogP contribution in [-0.2, 0) is 16.1 Å². The molecule has 0 aliphatic carbocycles. The van der Waals surface area contributed by atoms with E-state index in [9.17, 15) is 14.4 Å². The second-order valence-electron chi connectivity index (χ2n) is 8.27. The van der Waals surface area contributed by atoms with Gasteiger partial charge in [-0.25, -0.2) is 4.98 Å². The van der Waals surface area contributed by atoms with E-state index in [1.54, 1.807) is 42.2 Å². The Bertz CT molecular complexity index is 1160. The second kappa shape index (κ2) is 11.3. The molecule has 1 amide bonds. The van der Waals surface area contributed by atoms with Crippen molar-refractivity contribution < 1.29 is 23.9 Å². The van der Waals surface area contributed by atoms with Crippen LogP contribution in [0.5, 0.6) is 11.5 Å². The maximum absolute atomic E-state index is 13.4. The van der Waals surface area contributed by atoms with Crippen molar-refractivity contribution in [1.82, 2.24) is 14.5 Å². The number of hydrogen-bond acceptors (Lipinski definition) is 7. The van der Waals surface area contributed by atoms with E-state index in [4.69, 9.17) is 9.47 Å². The highest BCUT2D eigenvalue weighted by Crippen LogP contribution is 2.41. The van der Waals surface area contributed by atoms with Gasteiger partial charge in [0, 0.05) is 25.5 Å². The number of carbonyl (C=O) groups is 3. The summed E-state index contributed by atoms with van der Waals surface area (Å²) in [6, 6.07) is 8.15. The number of imidazole rings is 1. The number of Topliss-reactive ketones (excluding diaryl/α,β-unsaturated/α-hetero) is 2. The van der Waals surface area contributed by atoms with Crippen LogP contribution in [0.4, 0.5) is 0 Å². The van der Waals surface area contributed by atoms with Gasteiger partial charge in [0.25, 0.3) is 5.91 Å². The number of benzene rings is 1. The van der Waals surface area contributed by atoms with Crippen LogP contribution in [0.3, 0.4) is 0 Å². The second-order valence-corrected chi connectivity index (χ2v) is 9.22. The first-order valence-corrected chi connectivity index (χ1v) is 12.7. The molecule has 2 unspecified atom stereocenters. The first-order valence-electron chi connectivity index (χ1n) is 11.8. The van der Waals surface area contributed by atoms with Crippen molar-refractivity contribution in [2.45, 2.75) is 39.3 Å². The number of thiophene rings is 1. The fourth-order valence-electron chi connectivity index (χ4n) is 4.32. The Labute approximate surface area is 208 Å². The predicted molar refractivity (Wildman–Crippen MR) is 132 cm³/mol. The molecule has 0 N–H and O–H groups in total. The molecule has 1 aromatic carbocycles. The molecule has 0 saturated carbocycles. The number of amides is 1. The average molecular weight is 496 g/mol. The molecule has 2 atom stereocenters. The minimum absolute atomic E-state index is 0.329. The van der Waals surface area contributed by atoms with Crippen molar-refractivity contribution in [2.24, 2.45) is 5.92 Å². The van der Waals surface area contributed by atoms with Crippen LogP contribution < -0.4 is 9.47 Å². The van der Waals surface area contributed by atoms with Crippen molar-refractivity contribution in [3.8, 4) is 11.5 Å². The van der Waals surface area contributed by atoms with Gasteiger partial charge in [-0.05, 0) is 48.9 Å². The number of likely N-dealkylation sites (tertiary alicyclic amines) is 1. The Morgan fingerprint density at radius 3 is 2.66 bits per heavy atom. The van der Waals surface area contributed by atoms with E-state index >= 15 is 0 Å². The molecule has 0 spiro atoms. The summed E-state index contributed by atoms with van der Waals surface area (Å²) in [7, 11) is 0. The van der Waals surface area contributed by atoms with Crippen LogP contribution in [-0.4, -0.2) is 51.7 Å². The molecule has 184 valence electrons. The van der Waals surface area contributed by atoms with Gasteiger partial charge in [0.15, 0.2) is 17.3 Å². The summed E-state index contributed by atoms with van der Waals surface area (Å²) < 4.78 is 13.5. The normalized spacial score (nSPS) is 17.7. The average Bonchev–Trinajstić information content (AvgIpc) is 3.62. The highest BCUT2D eigenvalue weighted by Gasteiger charge is 2.51. The van der Waals surface area contributed by atoms with Gasteiger partial charge < -0.3 is 18.9 Å². The van der Waals surface area contributed by atoms with E-state index in [1.165, 1.54) is 16.2 Å². The van der Waals surface area contributed by atoms with Crippen molar-refractivity contribution in [2.75, 3.05) is 19.8 Å². The molecule has 3 aromatic rings. The number of ether oxygens (including phenoxy) is 2. The number of aromatic nitrogens is 2. The molecule has 2 aromatic heterocycles. The predicted octanol–water partition coefficient (Wildman–Crippen LogP) is 4.17. The first-order chi connectivity index (χ1) is 17.0. The number of hydrogen-bond donors (Lipinski definition) is 0. The van der Waals surface area contributed by atoms with Gasteiger partial charge in [0.2, 0.25) is 5.78 Å². The zero-order chi connectivity index (χ0) is 24.8. The van der Waals surface area contributed by atoms with Crippen LogP contribution in [0.25, 0.3) is 0 Å². The van der Waals surface area contributed by atoms with Gasteiger partial charge in [0.05, 0.1) is 30.5 Å². The van der Waals surface area contributed by atoms with E-state index in [1.807, 2.05) is 30.7 Å². The highest BCUT2D eigenvalue weighted by molar-refractivity contribution is 7.12. The molecule has 1 saturated heterocycles. The summed E-state index contributed by atoms with van der Waals surface area (Å²) >= 11 is 1.27. The number of carbonyl (C=O) groups excluding carboxylic acids is 3. The van der Waals surface area contributed by atoms with Gasteiger partial charge in [-0.15, -0.1) is 11.3 Å². The molecular formula is C26H29N3O5S. The molecule has 4 rings (SSSR count). The maximum Gasteiger partial charge on any atom is 0.291 e. The molecule has 1 aliphatic rings. The minimum Gasteiger partial charge on any atom is -0.490 e. The highest BCUT2D eigenvalue weighted by atomic mass is 32.1. The zero-order valence-electron chi connectivity index (χ0n) is 19.9. The summed E-state index contributed by atoms with van der Waals surface area (Å²) in [6.45, 7) is 5.85. The summed E-state index contributed by atoms with van der Waals surface area (Å²) in [5.41, 5.74) is 0.675. The third-order valence-corrected chi connectivity index (χ3v) is 6.78. The fourth-order valence-corrected chi connectivity index (χ4v) is 5.03. The zero-order valence-corrected chi connectivity index (χ0v) is 20.7. The summed E-state index contributed by atoms with van der Waals surface area (Å²) in [5.74, 6) is -1.59. The van der Waals surface area contributed by atoms with Gasteiger partial charge in [-0.1, -0.05) is 19.1 Å². The molecule has 0 radical (unpaired) electrons. The third-order valence-electron chi connectivity index (χ3n) is 5.90. The largest absolute Gasteiger partial charge is 0.490 e. The van der Waals surface area contributed by atoms with Gasteiger partial charge in [-0.2, -0.15) is 0 Å². The SMILES string of the molecule is CCCOc1ccc(C2C(C(=O)c3cccs3)C(=O)C(=O)N2CCCn2ccnc2)cc1OCC. The van der Waals surface area contributed by atoms with Crippen LogP contribution >= 0.6 is 11.3 Å². The molecule has 9 heteroatoms. The van der Waals surface area contributed by atoms with Crippen LogP contribution in [0.15, 0.2) is 54.4 Å². The molecule has 35 heavy (non-hydrogen) atoms. The first kappa shape index (κ1) is 24.7. The maximum atomic E-state index is 13.4. The fraction of sp³-hybridized carbons (Fsp3) is 0.385. The topological polar surface area (TPSA) is 90.7 Å². The molecule has 1 aliphatic heterocycles. The molecule has 1 fully saturated rings. The van der Waals surface area contributed by atoms with Gasteiger partial charge in [0.1, 0.15) is 5.92 Å². The Kier molecular flexibility index (Phi) is 7.97. The molecule has 8 nitrogen and oxygen atoms in total. The Morgan fingerprint density at radius 1 is 1.11 bits per heavy atom. The number of ketones is 2. The van der Waals surface area contributed by atoms with E-state index in [2.05, 4.69) is 4.98 Å². The van der Waals surface area contributed by atoms with Crippen molar-refractivity contribution in [3.05, 3.63) is 64.9 Å². The summed E-state index contributed by atoms with van der Waals surface area (Å²) in [4.78, 5) is 45.8. The molecular weight excluding hydrogens is 466 g/mol. The lowest BCUT2D eigenvalue weighted by Gasteiger charge is -2.28. The van der Waals surface area contributed by atoms with Crippen molar-refractivity contribution in [1.29, 1.82) is 0 Å². The number of aryl methyl sites for hydroxylation is 1. The van der Waals surface area contributed by atoms with Crippen molar-refractivity contribution >= 4 is 28.8 Å². The lowest BCUT2D eigenvalue weighted by Crippen LogP contribution is -2.32. The van der Waals surface area contributed by atoms with E-state index in [-0.39, 0.29) is 5.78 Å². The summed E-state index contributed by atoms with van der Waals surface area (Å²) in [5, 5.41) is 1.79. The lowest BCUT2D eigenvalue weighted by atomic mass is 9.88. The number of nitrogens with zero attached hydrogens (tertiary/aromatic N) is 3. The Morgan fingerprint density at radius 2 is 1.97 bits per heavy atom. The van der Waals surface area contributed by atoms with E-state index < -0.39 is 23.7 Å². The van der Waals surface area contributed by atoms with Gasteiger partial charge in [-0.3, -0.25) is 14.4 Å². The van der Waals surface area contributed by atoms with Gasteiger partial charge >= 0.3 is 0 Å². The third kappa shape index (κ3) is 5.30. The smallest absolute Gasteiger partial charge is 0.291 e. The van der Waals surface area contributed by atoms with Crippen LogP contribution in [0.2, 0.25) is 0 Å². The Balaban J connectivity index is 1.69. The quantitative estimate of drug-likeness (QED) is 0.213. The standard InChI is InChI=1S/C26H29N3O5S/c1-3-14-34-19-9-8-18(16-20(19)33-4-2)23-22(24(30)21-7-5-15-35-21)25(31)26(32)29(23)12-6-11-28-13-10-27-17-28/h5,7-10,13,15-17,22-23H,3-4,6,11-12,14H2,1-2H3. The summed E-state index contributed by atoms with van der Waals surface area (Å²) in [6.07, 6.45) is 6.71. The molecule has 0 bridgehead atoms. The number of rotatable bonds is 12. The van der Waals surface area contributed by atoms with E-state index in [0.29, 0.717) is 54.7 Å². The van der Waals surface area contributed by atoms with Crippen LogP contribution in [0.1, 0.15) is 48.0 Å². The molecule has 3 heterocycles. The minimum atomic E-state index is -1.11. The Hall–Kier alpha value is -3.46. The lowest BCUT2D eigenvalue weighted by molar-refractivity contribution is -0.140. The van der Waals surface area contributed by atoms with Crippen LogP contribution in [0, 0.1) is 5.92 Å².